The van der Waals surface area contributed by atoms with E-state index in [1.165, 1.54) is 25.3 Å². The minimum absolute atomic E-state index is 0.00171. The SMILES string of the molecule is CC(=O)c1c(C)n(C(C)C#N)c2cc(F)c(F)c(F)c12. The Labute approximate surface area is 113 Å². The first-order chi connectivity index (χ1) is 9.31. The zero-order valence-electron chi connectivity index (χ0n) is 11.1. The highest BCUT2D eigenvalue weighted by Crippen LogP contribution is 2.33. The minimum Gasteiger partial charge on any atom is -0.328 e. The summed E-state index contributed by atoms with van der Waals surface area (Å²) in [5.74, 6) is -4.85. The molecule has 2 rings (SSSR count). The molecular formula is C14H11F3N2O. The largest absolute Gasteiger partial charge is 0.328 e. The maximum absolute atomic E-state index is 14.0. The lowest BCUT2D eigenvalue weighted by atomic mass is 10.1. The van der Waals surface area contributed by atoms with Crippen molar-refractivity contribution in [2.75, 3.05) is 0 Å². The van der Waals surface area contributed by atoms with E-state index >= 15 is 0 Å². The molecule has 0 saturated heterocycles. The van der Waals surface area contributed by atoms with Gasteiger partial charge in [0.05, 0.1) is 11.6 Å². The second-order valence-corrected chi connectivity index (χ2v) is 4.57. The van der Waals surface area contributed by atoms with Crippen molar-refractivity contribution >= 4 is 16.7 Å². The Morgan fingerprint density at radius 1 is 1.35 bits per heavy atom. The van der Waals surface area contributed by atoms with E-state index in [1.807, 2.05) is 6.07 Å². The number of fused-ring (bicyclic) bond motifs is 1. The van der Waals surface area contributed by atoms with Crippen molar-refractivity contribution in [2.24, 2.45) is 0 Å². The summed E-state index contributed by atoms with van der Waals surface area (Å²) in [4.78, 5) is 11.7. The Kier molecular flexibility index (Phi) is 3.30. The molecule has 0 fully saturated rings. The molecule has 104 valence electrons. The van der Waals surface area contributed by atoms with E-state index in [1.54, 1.807) is 0 Å². The molecule has 0 aliphatic rings. The van der Waals surface area contributed by atoms with Crippen LogP contribution < -0.4 is 0 Å². The molecule has 1 heterocycles. The molecule has 1 atom stereocenters. The van der Waals surface area contributed by atoms with E-state index in [0.717, 1.165) is 6.07 Å². The number of benzene rings is 1. The van der Waals surface area contributed by atoms with Crippen molar-refractivity contribution in [2.45, 2.75) is 26.8 Å². The van der Waals surface area contributed by atoms with Crippen molar-refractivity contribution in [1.29, 1.82) is 5.26 Å². The smallest absolute Gasteiger partial charge is 0.195 e. The second kappa shape index (κ2) is 4.67. The van der Waals surface area contributed by atoms with E-state index in [0.29, 0.717) is 5.69 Å². The lowest BCUT2D eigenvalue weighted by Gasteiger charge is -2.10. The third-order valence-electron chi connectivity index (χ3n) is 3.30. The average molecular weight is 280 g/mol. The average Bonchev–Trinajstić information content (AvgIpc) is 2.68. The van der Waals surface area contributed by atoms with Crippen LogP contribution in [0.25, 0.3) is 10.9 Å². The van der Waals surface area contributed by atoms with Crippen LogP contribution in [0.2, 0.25) is 0 Å². The number of nitriles is 1. The van der Waals surface area contributed by atoms with Gasteiger partial charge in [-0.1, -0.05) is 0 Å². The number of halogens is 3. The van der Waals surface area contributed by atoms with E-state index in [-0.39, 0.29) is 16.5 Å². The van der Waals surface area contributed by atoms with Gasteiger partial charge in [0.25, 0.3) is 0 Å². The first-order valence-electron chi connectivity index (χ1n) is 5.89. The van der Waals surface area contributed by atoms with Gasteiger partial charge < -0.3 is 4.57 Å². The monoisotopic (exact) mass is 280 g/mol. The first-order valence-corrected chi connectivity index (χ1v) is 5.89. The number of ketones is 1. The molecule has 2 aromatic rings. The molecule has 0 bridgehead atoms. The quantitative estimate of drug-likeness (QED) is 0.622. The van der Waals surface area contributed by atoms with E-state index in [4.69, 9.17) is 5.26 Å². The number of aromatic nitrogens is 1. The van der Waals surface area contributed by atoms with Gasteiger partial charge in [-0.3, -0.25) is 4.79 Å². The number of hydrogen-bond acceptors (Lipinski definition) is 2. The van der Waals surface area contributed by atoms with Gasteiger partial charge in [0.1, 0.15) is 6.04 Å². The lowest BCUT2D eigenvalue weighted by molar-refractivity contribution is 0.101. The molecule has 0 spiro atoms. The van der Waals surface area contributed by atoms with Gasteiger partial charge in [-0.25, -0.2) is 13.2 Å². The Morgan fingerprint density at radius 2 is 1.95 bits per heavy atom. The summed E-state index contributed by atoms with van der Waals surface area (Å²) in [6.07, 6.45) is 0. The van der Waals surface area contributed by atoms with E-state index < -0.39 is 29.3 Å². The highest BCUT2D eigenvalue weighted by Gasteiger charge is 2.26. The summed E-state index contributed by atoms with van der Waals surface area (Å²) in [5, 5.41) is 8.71. The van der Waals surface area contributed by atoms with Crippen LogP contribution in [-0.4, -0.2) is 10.4 Å². The summed E-state index contributed by atoms with van der Waals surface area (Å²) in [6.45, 7) is 4.25. The van der Waals surface area contributed by atoms with Gasteiger partial charge in [0.15, 0.2) is 23.2 Å². The molecule has 6 heteroatoms. The summed E-state index contributed by atoms with van der Waals surface area (Å²) in [7, 11) is 0. The van der Waals surface area contributed by atoms with Gasteiger partial charge in [0, 0.05) is 22.7 Å². The van der Waals surface area contributed by atoms with E-state index in [9.17, 15) is 18.0 Å². The zero-order valence-corrected chi connectivity index (χ0v) is 11.1. The van der Waals surface area contributed by atoms with Gasteiger partial charge in [-0.2, -0.15) is 5.26 Å². The van der Waals surface area contributed by atoms with Crippen LogP contribution in [0, 0.1) is 35.7 Å². The molecule has 0 aliphatic carbocycles. The summed E-state index contributed by atoms with van der Waals surface area (Å²) >= 11 is 0. The molecule has 0 N–H and O–H groups in total. The molecule has 20 heavy (non-hydrogen) atoms. The molecule has 1 aromatic heterocycles. The molecular weight excluding hydrogens is 269 g/mol. The topological polar surface area (TPSA) is 45.8 Å². The van der Waals surface area contributed by atoms with Crippen molar-refractivity contribution in [3.8, 4) is 6.07 Å². The maximum atomic E-state index is 14.0. The summed E-state index contributed by atoms with van der Waals surface area (Å²) in [5.41, 5.74) is 0.280. The molecule has 1 unspecified atom stereocenters. The number of carbonyl (C=O) groups excluding carboxylic acids is 1. The standard InChI is InChI=1S/C14H11F3N2O/c1-6(5-18)19-7(2)11(8(3)20)12-10(19)4-9(15)13(16)14(12)17/h4,6H,1-3H3. The number of Topliss-reactive ketones (excluding diaryl/α,β-unsaturated/α-hetero) is 1. The van der Waals surface area contributed by atoms with Crippen LogP contribution in [-0.2, 0) is 0 Å². The third kappa shape index (κ3) is 1.78. The molecule has 0 saturated carbocycles. The fourth-order valence-electron chi connectivity index (χ4n) is 2.48. The Hall–Kier alpha value is -2.29. The molecule has 1 aromatic carbocycles. The zero-order chi connectivity index (χ0) is 15.2. The second-order valence-electron chi connectivity index (χ2n) is 4.57. The maximum Gasteiger partial charge on any atom is 0.195 e. The minimum atomic E-state index is -1.62. The Balaban J connectivity index is 3.07. The number of carbonyl (C=O) groups is 1. The number of rotatable bonds is 2. The lowest BCUT2D eigenvalue weighted by Crippen LogP contribution is -2.06. The fourth-order valence-corrected chi connectivity index (χ4v) is 2.48. The van der Waals surface area contributed by atoms with Crippen LogP contribution in [0.3, 0.4) is 0 Å². The molecule has 0 amide bonds. The van der Waals surface area contributed by atoms with Gasteiger partial charge in [-0.05, 0) is 20.8 Å². The van der Waals surface area contributed by atoms with Crippen molar-refractivity contribution in [3.05, 3.63) is 34.8 Å². The Morgan fingerprint density at radius 3 is 2.45 bits per heavy atom. The fraction of sp³-hybridized carbons (Fsp3) is 0.286. The van der Waals surface area contributed by atoms with Crippen molar-refractivity contribution in [3.63, 3.8) is 0 Å². The summed E-state index contributed by atoms with van der Waals surface area (Å²) < 4.78 is 42.1. The predicted octanol–water partition coefficient (Wildman–Crippen LogP) is 3.65. The van der Waals surface area contributed by atoms with Crippen LogP contribution in [0.4, 0.5) is 13.2 Å². The summed E-state index contributed by atoms with van der Waals surface area (Å²) in [6, 6.07) is 2.00. The van der Waals surface area contributed by atoms with Crippen molar-refractivity contribution in [1.82, 2.24) is 4.57 Å². The van der Waals surface area contributed by atoms with Gasteiger partial charge in [0.2, 0.25) is 0 Å². The highest BCUT2D eigenvalue weighted by molar-refractivity contribution is 6.08. The van der Waals surface area contributed by atoms with Crippen LogP contribution in [0.1, 0.15) is 35.9 Å². The van der Waals surface area contributed by atoms with Gasteiger partial charge in [-0.15, -0.1) is 0 Å². The van der Waals surface area contributed by atoms with E-state index in [2.05, 4.69) is 0 Å². The Bertz CT molecular complexity index is 771. The first kappa shape index (κ1) is 14.1. The van der Waals surface area contributed by atoms with Crippen LogP contribution >= 0.6 is 0 Å². The molecule has 3 nitrogen and oxygen atoms in total. The van der Waals surface area contributed by atoms with Crippen LogP contribution in [0.15, 0.2) is 6.07 Å². The van der Waals surface area contributed by atoms with Crippen molar-refractivity contribution < 1.29 is 18.0 Å². The van der Waals surface area contributed by atoms with Gasteiger partial charge >= 0.3 is 0 Å². The third-order valence-corrected chi connectivity index (χ3v) is 3.30. The predicted molar refractivity (Wildman–Crippen MR) is 66.9 cm³/mol. The van der Waals surface area contributed by atoms with Crippen LogP contribution in [0.5, 0.6) is 0 Å². The molecule has 0 radical (unpaired) electrons. The number of nitrogens with zero attached hydrogens (tertiary/aromatic N) is 2. The molecule has 0 aliphatic heterocycles. The highest BCUT2D eigenvalue weighted by atomic mass is 19.2. The normalized spacial score (nSPS) is 12.4. The number of hydrogen-bond donors (Lipinski definition) is 0.